The number of hydrogen-bond donors (Lipinski definition) is 4. The molecule has 2 aliphatic heterocycles. The van der Waals surface area contributed by atoms with Crippen LogP contribution in [0, 0.1) is 6.92 Å². The van der Waals surface area contributed by atoms with Gasteiger partial charge in [-0.2, -0.15) is 36.2 Å². The highest BCUT2D eigenvalue weighted by atomic mass is 35.5. The molecule has 0 aromatic carbocycles. The first kappa shape index (κ1) is 31.5. The Morgan fingerprint density at radius 3 is 2.45 bits per heavy atom. The van der Waals surface area contributed by atoms with E-state index in [0.29, 0.717) is 39.4 Å². The van der Waals surface area contributed by atoms with Gasteiger partial charge in [0.25, 0.3) is 20.2 Å². The van der Waals surface area contributed by atoms with Gasteiger partial charge in [-0.1, -0.05) is 11.6 Å². The van der Waals surface area contributed by atoms with E-state index in [0.717, 1.165) is 22.3 Å². The highest BCUT2D eigenvalue weighted by Gasteiger charge is 2.28. The van der Waals surface area contributed by atoms with Gasteiger partial charge in [-0.15, -0.1) is 0 Å². The number of methoxy groups -OCH3 is 1. The summed E-state index contributed by atoms with van der Waals surface area (Å²) in [5, 5.41) is 12.3. The Morgan fingerprint density at radius 1 is 1.23 bits per heavy atom. The average molecular weight is 636 g/mol. The molecular formula is C21H26ClN7O8S3. The lowest BCUT2D eigenvalue weighted by molar-refractivity contribution is -0.119. The van der Waals surface area contributed by atoms with Crippen LogP contribution in [0.4, 0.5) is 0 Å². The third-order valence-corrected chi connectivity index (χ3v) is 8.33. The molecule has 1 aromatic heterocycles. The second kappa shape index (κ2) is 12.6. The van der Waals surface area contributed by atoms with Crippen LogP contribution in [0.1, 0.15) is 28.1 Å². The Hall–Kier alpha value is -3.03. The first-order chi connectivity index (χ1) is 18.6. The zero-order valence-electron chi connectivity index (χ0n) is 21.5. The standard InChI is InChI=1S/C19H20ClN7O2S.C2H6O6S2/c1-9-6-23-13(16(20)18(9)29-3)7-27-24-12-4-10(5-14(28)22-2)11-8-30-26-19(21)17(25-27)15(11)12;3-9(4,5)1-2-10(6,7)8/h4,6H,5,7-8H2,1-3H3,(H2,21,26)(H,22,28);1-2H2,(H,3,4,5)(H,6,7,8). The molecule has 1 amide bonds. The Kier molecular flexibility index (Phi) is 9.96. The summed E-state index contributed by atoms with van der Waals surface area (Å²) in [5.41, 5.74) is 11.5. The van der Waals surface area contributed by atoms with Gasteiger partial charge in [-0.05, 0) is 36.1 Å². The summed E-state index contributed by atoms with van der Waals surface area (Å²) in [6.45, 7) is 2.10. The molecule has 0 bridgehead atoms. The quantitative estimate of drug-likeness (QED) is 0.198. The molecule has 4 rings (SSSR count). The van der Waals surface area contributed by atoms with Crippen molar-refractivity contribution in [3.63, 3.8) is 0 Å². The molecule has 0 unspecified atom stereocenters. The number of amidine groups is 1. The number of pyridine rings is 1. The minimum Gasteiger partial charge on any atom is -0.495 e. The number of hydrogen-bond acceptors (Lipinski definition) is 12. The van der Waals surface area contributed by atoms with Crippen molar-refractivity contribution >= 4 is 55.5 Å². The molecule has 218 valence electrons. The van der Waals surface area contributed by atoms with Gasteiger partial charge in [-0.25, -0.2) is 0 Å². The number of carbonyl (C=O) groups is 1. The SMILES string of the molecule is CNC(=O)Cc1cc2nn(Cc3ncc(C)c(OC)c3Cl)nc3c-2c1CSN=C3N.O=S(=O)(O)CCS(=O)(=O)O. The zero-order chi connectivity index (χ0) is 29.8. The topological polar surface area (TPSA) is 229 Å². The summed E-state index contributed by atoms with van der Waals surface area (Å²) in [5.74, 6) is -0.549. The average Bonchev–Trinajstić information content (AvgIpc) is 3.10. The van der Waals surface area contributed by atoms with E-state index >= 15 is 0 Å². The predicted molar refractivity (Wildman–Crippen MR) is 149 cm³/mol. The summed E-state index contributed by atoms with van der Waals surface area (Å²) in [6.07, 6.45) is 1.95. The first-order valence-corrected chi connectivity index (χ1v) is 15.8. The monoisotopic (exact) mass is 635 g/mol. The smallest absolute Gasteiger partial charge is 0.265 e. The highest BCUT2D eigenvalue weighted by Crippen LogP contribution is 2.38. The second-order valence-corrected chi connectivity index (χ2v) is 12.6. The first-order valence-electron chi connectivity index (χ1n) is 11.3. The van der Waals surface area contributed by atoms with Crippen molar-refractivity contribution in [1.29, 1.82) is 0 Å². The van der Waals surface area contributed by atoms with Crippen molar-refractivity contribution in [3.8, 4) is 17.0 Å². The molecule has 15 nitrogen and oxygen atoms in total. The normalized spacial score (nSPS) is 13.2. The van der Waals surface area contributed by atoms with Crippen LogP contribution in [-0.2, 0) is 43.7 Å². The Morgan fingerprint density at radius 2 is 1.88 bits per heavy atom. The molecule has 0 fully saturated rings. The number of rotatable bonds is 8. The Bertz CT molecular complexity index is 1610. The number of nitrogens with two attached hydrogens (primary N) is 1. The summed E-state index contributed by atoms with van der Waals surface area (Å²) in [7, 11) is -5.41. The van der Waals surface area contributed by atoms with Crippen LogP contribution in [0.15, 0.2) is 16.7 Å². The van der Waals surface area contributed by atoms with Crippen molar-refractivity contribution in [2.75, 3.05) is 25.7 Å². The van der Waals surface area contributed by atoms with Gasteiger partial charge in [-0.3, -0.25) is 18.9 Å². The minimum absolute atomic E-state index is 0.0742. The zero-order valence-corrected chi connectivity index (χ0v) is 24.7. The van der Waals surface area contributed by atoms with E-state index in [1.807, 2.05) is 13.0 Å². The van der Waals surface area contributed by atoms with E-state index in [1.54, 1.807) is 20.4 Å². The molecule has 0 saturated carbocycles. The van der Waals surface area contributed by atoms with Gasteiger partial charge in [0.15, 0.2) is 5.84 Å². The maximum absolute atomic E-state index is 12.0. The molecular weight excluding hydrogens is 610 g/mol. The fourth-order valence-corrected chi connectivity index (χ4v) is 6.41. The van der Waals surface area contributed by atoms with E-state index in [-0.39, 0.29) is 18.9 Å². The van der Waals surface area contributed by atoms with Gasteiger partial charge >= 0.3 is 0 Å². The van der Waals surface area contributed by atoms with Gasteiger partial charge < -0.3 is 15.8 Å². The fraction of sp³-hybridized carbons (Fsp3) is 0.381. The lowest BCUT2D eigenvalue weighted by Gasteiger charge is -2.14. The maximum atomic E-state index is 12.0. The van der Waals surface area contributed by atoms with Crippen molar-refractivity contribution < 1.29 is 35.5 Å². The Labute approximate surface area is 239 Å². The highest BCUT2D eigenvalue weighted by molar-refractivity contribution is 7.97. The van der Waals surface area contributed by atoms with Gasteiger partial charge in [0.2, 0.25) is 5.91 Å². The van der Waals surface area contributed by atoms with Crippen LogP contribution < -0.4 is 15.8 Å². The van der Waals surface area contributed by atoms with Crippen molar-refractivity contribution in [2.45, 2.75) is 25.6 Å². The predicted octanol–water partition coefficient (Wildman–Crippen LogP) is 0.714. The second-order valence-electron chi connectivity index (χ2n) is 8.39. The lowest BCUT2D eigenvalue weighted by atomic mass is 10.1. The van der Waals surface area contributed by atoms with E-state index < -0.39 is 31.7 Å². The van der Waals surface area contributed by atoms with Crippen molar-refractivity contribution in [2.24, 2.45) is 10.1 Å². The van der Waals surface area contributed by atoms with Crippen LogP contribution in [-0.4, -0.2) is 83.3 Å². The fourth-order valence-electron chi connectivity index (χ4n) is 3.64. The number of amides is 1. The summed E-state index contributed by atoms with van der Waals surface area (Å²) in [4.78, 5) is 17.9. The minimum atomic E-state index is -4.30. The van der Waals surface area contributed by atoms with E-state index in [2.05, 4.69) is 24.9 Å². The Balaban J connectivity index is 0.000000378. The van der Waals surface area contributed by atoms with Gasteiger partial charge in [0, 0.05) is 30.1 Å². The molecule has 1 aliphatic carbocycles. The van der Waals surface area contributed by atoms with E-state index in [9.17, 15) is 21.6 Å². The van der Waals surface area contributed by atoms with Gasteiger partial charge in [0.1, 0.15) is 23.0 Å². The summed E-state index contributed by atoms with van der Waals surface area (Å²) in [6, 6.07) is 1.91. The third-order valence-electron chi connectivity index (χ3n) is 5.50. The van der Waals surface area contributed by atoms with Crippen LogP contribution in [0.5, 0.6) is 5.75 Å². The number of halogens is 1. The van der Waals surface area contributed by atoms with Gasteiger partial charge in [0.05, 0.1) is 36.4 Å². The lowest BCUT2D eigenvalue weighted by Crippen LogP contribution is -2.22. The molecule has 0 spiro atoms. The third kappa shape index (κ3) is 8.01. The number of carbonyl (C=O) groups excluding carboxylic acids is 1. The molecule has 1 aromatic rings. The number of ether oxygens (including phenoxy) is 1. The molecule has 0 atom stereocenters. The summed E-state index contributed by atoms with van der Waals surface area (Å²) < 4.78 is 65.1. The van der Waals surface area contributed by atoms with Crippen molar-refractivity contribution in [3.05, 3.63) is 45.4 Å². The largest absolute Gasteiger partial charge is 0.495 e. The number of aryl methyl sites for hydroxylation is 1. The molecule has 0 saturated heterocycles. The van der Waals surface area contributed by atoms with Crippen LogP contribution in [0.2, 0.25) is 5.02 Å². The summed E-state index contributed by atoms with van der Waals surface area (Å²) >= 11 is 7.80. The van der Waals surface area contributed by atoms with E-state index in [4.69, 9.17) is 31.2 Å². The number of nitrogens with zero attached hydrogens (tertiary/aromatic N) is 5. The van der Waals surface area contributed by atoms with Crippen molar-refractivity contribution in [1.82, 2.24) is 25.3 Å². The molecule has 3 aliphatic rings. The molecule has 3 heterocycles. The van der Waals surface area contributed by atoms with Crippen LogP contribution in [0.25, 0.3) is 11.3 Å². The molecule has 19 heteroatoms. The maximum Gasteiger partial charge on any atom is 0.265 e. The molecule has 40 heavy (non-hydrogen) atoms. The molecule has 5 N–H and O–H groups in total. The molecule has 0 radical (unpaired) electrons. The number of nitrogens with one attached hydrogen (secondary N) is 1. The number of likely N-dealkylation sites (N-methyl/N-ethyl adjacent to an activating group) is 1. The van der Waals surface area contributed by atoms with Crippen LogP contribution >= 0.6 is 23.5 Å². The van der Waals surface area contributed by atoms with E-state index in [1.165, 1.54) is 16.7 Å². The number of aromatic nitrogens is 4. The van der Waals surface area contributed by atoms with Crippen LogP contribution in [0.3, 0.4) is 0 Å².